The Labute approximate surface area is 210 Å². The van der Waals surface area contributed by atoms with Crippen LogP contribution in [0.4, 0.5) is 5.69 Å². The number of aliphatic imine (C=N–C) groups is 1. The van der Waals surface area contributed by atoms with Gasteiger partial charge in [-0.1, -0.05) is 0 Å². The maximum Gasteiger partial charge on any atom is 0.160 e. The van der Waals surface area contributed by atoms with Crippen molar-refractivity contribution >= 4 is 62.0 Å². The lowest BCUT2D eigenvalue weighted by Crippen LogP contribution is -2.11. The fourth-order valence-corrected chi connectivity index (χ4v) is 5.49. The van der Waals surface area contributed by atoms with E-state index in [1.807, 2.05) is 53.2 Å². The third-order valence-electron chi connectivity index (χ3n) is 5.79. The first-order valence-corrected chi connectivity index (χ1v) is 12.6. The number of ketones is 2. The average Bonchev–Trinajstić information content (AvgIpc) is 3.59. The Hall–Kier alpha value is -3.94. The molecule has 0 aliphatic heterocycles. The normalized spacial score (nSPS) is 11.7. The van der Waals surface area contributed by atoms with E-state index in [1.54, 1.807) is 30.4 Å². The number of benzene rings is 2. The van der Waals surface area contributed by atoms with E-state index >= 15 is 0 Å². The summed E-state index contributed by atoms with van der Waals surface area (Å²) in [4.78, 5) is 41.0. The topological polar surface area (TPSA) is 68.5 Å². The summed E-state index contributed by atoms with van der Waals surface area (Å²) in [6.45, 7) is 3.08. The number of hydrogen-bond donors (Lipinski definition) is 0. The van der Waals surface area contributed by atoms with Gasteiger partial charge in [-0.3, -0.25) is 14.4 Å². The zero-order chi connectivity index (χ0) is 24.5. The molecule has 0 N–H and O–H groups in total. The number of rotatable bonds is 7. The Morgan fingerprint density at radius 3 is 2.09 bits per heavy atom. The van der Waals surface area contributed by atoms with Crippen LogP contribution in [0, 0.1) is 0 Å². The maximum atomic E-state index is 11.9. The Kier molecular flexibility index (Phi) is 6.11. The molecule has 7 heteroatoms. The molecule has 0 unspecified atom stereocenters. The van der Waals surface area contributed by atoms with Crippen LogP contribution in [0.15, 0.2) is 82.6 Å². The predicted molar refractivity (Wildman–Crippen MR) is 143 cm³/mol. The highest BCUT2D eigenvalue weighted by Gasteiger charge is 2.22. The highest BCUT2D eigenvalue weighted by atomic mass is 32.1. The van der Waals surface area contributed by atoms with Gasteiger partial charge in [-0.15, -0.1) is 22.7 Å². The lowest BCUT2D eigenvalue weighted by molar-refractivity contribution is 0.100. The number of aldehydes is 1. The fourth-order valence-electron chi connectivity index (χ4n) is 3.98. The van der Waals surface area contributed by atoms with Crippen molar-refractivity contribution in [1.82, 2.24) is 4.57 Å². The van der Waals surface area contributed by atoms with Crippen LogP contribution in [0.1, 0.15) is 55.5 Å². The minimum absolute atomic E-state index is 0.00954. The Bertz CT molecular complexity index is 1600. The van der Waals surface area contributed by atoms with Crippen molar-refractivity contribution in [3.63, 3.8) is 0 Å². The third kappa shape index (κ3) is 4.32. The van der Waals surface area contributed by atoms with E-state index in [9.17, 15) is 14.4 Å². The first-order valence-electron chi connectivity index (χ1n) is 10.9. The number of Topliss-reactive ketones (excluding diaryl/α,β-unsaturated/α-hetero) is 2. The molecule has 35 heavy (non-hydrogen) atoms. The van der Waals surface area contributed by atoms with Crippen LogP contribution in [0.2, 0.25) is 0 Å². The van der Waals surface area contributed by atoms with Crippen LogP contribution < -0.4 is 0 Å². The molecule has 0 radical (unpaired) electrons. The molecule has 3 heterocycles. The maximum absolute atomic E-state index is 11.9. The molecule has 172 valence electrons. The van der Waals surface area contributed by atoms with Crippen molar-refractivity contribution in [3.05, 3.63) is 105 Å². The largest absolute Gasteiger partial charge is 0.313 e. The van der Waals surface area contributed by atoms with Gasteiger partial charge < -0.3 is 4.57 Å². The van der Waals surface area contributed by atoms with Gasteiger partial charge in [-0.25, -0.2) is 4.99 Å². The zero-order valence-electron chi connectivity index (χ0n) is 19.0. The number of thiophene rings is 2. The van der Waals surface area contributed by atoms with Gasteiger partial charge in [0.25, 0.3) is 0 Å². The van der Waals surface area contributed by atoms with Crippen molar-refractivity contribution < 1.29 is 14.4 Å². The van der Waals surface area contributed by atoms with Gasteiger partial charge in [0.15, 0.2) is 17.9 Å². The number of hydrogen-bond acceptors (Lipinski definition) is 6. The number of nitrogens with zero attached hydrogens (tertiary/aromatic N) is 2. The second-order valence-electron chi connectivity index (χ2n) is 8.03. The predicted octanol–water partition coefficient (Wildman–Crippen LogP) is 7.14. The molecule has 5 nitrogen and oxygen atoms in total. The third-order valence-corrected chi connectivity index (χ3v) is 7.48. The number of carbonyl (C=O) groups is 3. The highest BCUT2D eigenvalue weighted by molar-refractivity contribution is 7.17. The van der Waals surface area contributed by atoms with Gasteiger partial charge in [0, 0.05) is 34.0 Å². The lowest BCUT2D eigenvalue weighted by atomic mass is 10.1. The van der Waals surface area contributed by atoms with Gasteiger partial charge in [0.2, 0.25) is 0 Å². The Morgan fingerprint density at radius 2 is 1.46 bits per heavy atom. The standard InChI is InChI=1S/C28H20N2O3S2/c1-17(32)19-3-7-21(8-4-19)29-27(23-11-13-35-26(23)16-31)28-24-12-14-34-25(24)15-30(28)22-9-5-20(6-10-22)18(2)33/h3-16H,1-2H3. The molecule has 0 spiro atoms. The summed E-state index contributed by atoms with van der Waals surface area (Å²) in [6.07, 6.45) is 2.91. The van der Waals surface area contributed by atoms with Gasteiger partial charge in [-0.05, 0) is 85.3 Å². The minimum atomic E-state index is -0.00954. The van der Waals surface area contributed by atoms with Gasteiger partial charge in [-0.2, -0.15) is 0 Å². The molecule has 0 fully saturated rings. The minimum Gasteiger partial charge on any atom is -0.313 e. The molecule has 0 amide bonds. The summed E-state index contributed by atoms with van der Waals surface area (Å²) in [6, 6.07) is 18.5. The molecule has 0 bridgehead atoms. The van der Waals surface area contributed by atoms with Gasteiger partial charge >= 0.3 is 0 Å². The van der Waals surface area contributed by atoms with E-state index in [4.69, 9.17) is 4.99 Å². The molecular weight excluding hydrogens is 476 g/mol. The van der Waals surface area contributed by atoms with Gasteiger partial charge in [0.05, 0.1) is 26.7 Å². The van der Waals surface area contributed by atoms with E-state index in [1.165, 1.54) is 18.3 Å². The second-order valence-corrected chi connectivity index (χ2v) is 9.92. The molecule has 2 aromatic carbocycles. The molecule has 0 aliphatic carbocycles. The summed E-state index contributed by atoms with van der Waals surface area (Å²) in [5.74, 6) is 0.000106. The van der Waals surface area contributed by atoms with Crippen LogP contribution in [-0.4, -0.2) is 28.1 Å². The SMILES string of the molecule is CC(=O)c1ccc(N=C(c2ccsc2C=O)c2c3ccsc3cn2-c2ccc(C(C)=O)cc2)cc1. The summed E-state index contributed by atoms with van der Waals surface area (Å²) < 4.78 is 3.14. The van der Waals surface area contributed by atoms with Crippen molar-refractivity contribution in [1.29, 1.82) is 0 Å². The van der Waals surface area contributed by atoms with E-state index < -0.39 is 0 Å². The molecular formula is C28H20N2O3S2. The van der Waals surface area contributed by atoms with E-state index in [2.05, 4.69) is 16.8 Å². The molecule has 0 saturated heterocycles. The first kappa shape index (κ1) is 22.8. The molecule has 5 aromatic rings. The van der Waals surface area contributed by atoms with E-state index in [0.717, 1.165) is 33.3 Å². The van der Waals surface area contributed by atoms with Crippen LogP contribution in [-0.2, 0) is 0 Å². The van der Waals surface area contributed by atoms with Crippen LogP contribution >= 0.6 is 22.7 Å². The number of aromatic nitrogens is 1. The first-order chi connectivity index (χ1) is 17.0. The zero-order valence-corrected chi connectivity index (χ0v) is 20.7. The van der Waals surface area contributed by atoms with Crippen molar-refractivity contribution in [2.24, 2.45) is 4.99 Å². The smallest absolute Gasteiger partial charge is 0.160 e. The van der Waals surface area contributed by atoms with Crippen molar-refractivity contribution in [2.75, 3.05) is 0 Å². The summed E-state index contributed by atoms with van der Waals surface area (Å²) in [5.41, 5.74) is 5.08. The second kappa shape index (κ2) is 9.37. The number of carbonyl (C=O) groups excluding carboxylic acids is 3. The molecule has 5 rings (SSSR count). The van der Waals surface area contributed by atoms with E-state index in [-0.39, 0.29) is 11.6 Å². The average molecular weight is 497 g/mol. The summed E-state index contributed by atoms with van der Waals surface area (Å²) in [7, 11) is 0. The highest BCUT2D eigenvalue weighted by Crippen LogP contribution is 2.33. The van der Waals surface area contributed by atoms with Crippen LogP contribution in [0.25, 0.3) is 15.8 Å². The number of fused-ring (bicyclic) bond motifs is 1. The molecule has 3 aromatic heterocycles. The lowest BCUT2D eigenvalue weighted by Gasteiger charge is -2.13. The Balaban J connectivity index is 1.76. The quantitative estimate of drug-likeness (QED) is 0.137. The monoisotopic (exact) mass is 496 g/mol. The summed E-state index contributed by atoms with van der Waals surface area (Å²) in [5, 5.41) is 4.94. The van der Waals surface area contributed by atoms with Crippen molar-refractivity contribution in [2.45, 2.75) is 13.8 Å². The van der Waals surface area contributed by atoms with Crippen molar-refractivity contribution in [3.8, 4) is 5.69 Å². The molecule has 0 atom stereocenters. The molecule has 0 saturated carbocycles. The summed E-state index contributed by atoms with van der Waals surface area (Å²) >= 11 is 3.00. The Morgan fingerprint density at radius 1 is 0.829 bits per heavy atom. The van der Waals surface area contributed by atoms with Gasteiger partial charge in [0.1, 0.15) is 0 Å². The molecule has 0 aliphatic rings. The fraction of sp³-hybridized carbons (Fsp3) is 0.0714. The van der Waals surface area contributed by atoms with Crippen LogP contribution in [0.5, 0.6) is 0 Å². The van der Waals surface area contributed by atoms with E-state index in [0.29, 0.717) is 27.4 Å². The van der Waals surface area contributed by atoms with Crippen LogP contribution in [0.3, 0.4) is 0 Å².